The number of benzene rings is 1. The van der Waals surface area contributed by atoms with Crippen LogP contribution >= 0.6 is 0 Å². The predicted molar refractivity (Wildman–Crippen MR) is 81.1 cm³/mol. The summed E-state index contributed by atoms with van der Waals surface area (Å²) in [6.07, 6.45) is -0.719. The number of carbonyl (C=O) groups is 1. The Hall–Kier alpha value is -2.25. The zero-order valence-electron chi connectivity index (χ0n) is 12.7. The summed E-state index contributed by atoms with van der Waals surface area (Å²) in [5.41, 5.74) is -0.319. The smallest absolute Gasteiger partial charge is 0.271 e. The molecule has 3 rings (SSSR count). The molecule has 1 saturated heterocycles. The van der Waals surface area contributed by atoms with Gasteiger partial charge in [0.2, 0.25) is 0 Å². The summed E-state index contributed by atoms with van der Waals surface area (Å²) in [5, 5.41) is 26.4. The molecule has 1 aromatic heterocycles. The lowest BCUT2D eigenvalue weighted by Crippen LogP contribution is -2.55. The molecule has 6 nitrogen and oxygen atoms in total. The number of aliphatic hydroxyl groups excluding tert-OH is 1. The Kier molecular flexibility index (Phi) is 3.91. The summed E-state index contributed by atoms with van der Waals surface area (Å²) in [6, 6.07) is 7.67. The van der Waals surface area contributed by atoms with Crippen molar-refractivity contribution in [3.05, 3.63) is 41.8 Å². The van der Waals surface area contributed by atoms with Gasteiger partial charge in [0.25, 0.3) is 5.91 Å². The molecule has 122 valence electrons. The van der Waals surface area contributed by atoms with Crippen molar-refractivity contribution in [2.45, 2.75) is 25.0 Å². The number of halogens is 1. The van der Waals surface area contributed by atoms with E-state index in [4.69, 9.17) is 0 Å². The molecule has 1 fully saturated rings. The average molecular weight is 319 g/mol. The minimum Gasteiger partial charge on any atom is -0.388 e. The van der Waals surface area contributed by atoms with Gasteiger partial charge in [-0.3, -0.25) is 9.89 Å². The van der Waals surface area contributed by atoms with E-state index >= 15 is 0 Å². The number of nitrogens with zero attached hydrogens (tertiary/aromatic N) is 2. The molecule has 0 aliphatic carbocycles. The van der Waals surface area contributed by atoms with E-state index in [1.165, 1.54) is 17.0 Å². The summed E-state index contributed by atoms with van der Waals surface area (Å²) in [6.45, 7) is 1.92. The first kappa shape index (κ1) is 15.6. The van der Waals surface area contributed by atoms with Crippen molar-refractivity contribution in [3.63, 3.8) is 0 Å². The third kappa shape index (κ3) is 2.97. The van der Waals surface area contributed by atoms with Crippen LogP contribution in [0.3, 0.4) is 0 Å². The average Bonchev–Trinajstić information content (AvgIpc) is 2.99. The zero-order chi connectivity index (χ0) is 16.6. The molecular weight excluding hydrogens is 301 g/mol. The van der Waals surface area contributed by atoms with Gasteiger partial charge in [0.15, 0.2) is 0 Å². The van der Waals surface area contributed by atoms with Gasteiger partial charge in [0.1, 0.15) is 11.5 Å². The first-order chi connectivity index (χ1) is 10.9. The van der Waals surface area contributed by atoms with Gasteiger partial charge in [-0.1, -0.05) is 12.1 Å². The molecule has 0 radical (unpaired) electrons. The van der Waals surface area contributed by atoms with Crippen molar-refractivity contribution >= 4 is 5.91 Å². The topological polar surface area (TPSA) is 89.5 Å². The van der Waals surface area contributed by atoms with Crippen molar-refractivity contribution in [2.24, 2.45) is 0 Å². The van der Waals surface area contributed by atoms with Crippen molar-refractivity contribution in [1.29, 1.82) is 0 Å². The molecule has 0 bridgehead atoms. The fraction of sp³-hybridized carbons (Fsp3) is 0.375. The lowest BCUT2D eigenvalue weighted by Gasteiger charge is -2.39. The third-order valence-electron chi connectivity index (χ3n) is 4.24. The van der Waals surface area contributed by atoms with Crippen molar-refractivity contribution < 1.29 is 19.4 Å². The molecule has 0 saturated carbocycles. The monoisotopic (exact) mass is 319 g/mol. The molecule has 1 aromatic carbocycles. The maximum absolute atomic E-state index is 13.8. The number of aliphatic hydroxyl groups is 2. The maximum atomic E-state index is 13.8. The summed E-state index contributed by atoms with van der Waals surface area (Å²) >= 11 is 0. The Labute approximate surface area is 132 Å². The number of aromatic amines is 1. The standard InChI is InChI=1S/C16H18FN3O3/c1-16(23)6-7-20(9-14(16)21)15(22)13-8-12(18-19-13)10-4-2-3-5-11(10)17/h2-5,8,14,21,23H,6-7,9H2,1H3,(H,18,19). The Morgan fingerprint density at radius 1 is 1.48 bits per heavy atom. The summed E-state index contributed by atoms with van der Waals surface area (Å²) < 4.78 is 13.8. The predicted octanol–water partition coefficient (Wildman–Crippen LogP) is 1.17. The van der Waals surface area contributed by atoms with Gasteiger partial charge in [-0.15, -0.1) is 0 Å². The van der Waals surface area contributed by atoms with E-state index in [1.807, 2.05) is 0 Å². The van der Waals surface area contributed by atoms with E-state index in [0.29, 0.717) is 17.8 Å². The maximum Gasteiger partial charge on any atom is 0.271 e. The van der Waals surface area contributed by atoms with Crippen LogP contribution in [0.2, 0.25) is 0 Å². The Morgan fingerprint density at radius 2 is 2.22 bits per heavy atom. The first-order valence-corrected chi connectivity index (χ1v) is 7.38. The number of piperidine rings is 1. The van der Waals surface area contributed by atoms with E-state index in [9.17, 15) is 19.4 Å². The third-order valence-corrected chi connectivity index (χ3v) is 4.24. The number of nitrogens with one attached hydrogen (secondary N) is 1. The lowest BCUT2D eigenvalue weighted by molar-refractivity contribution is -0.0999. The van der Waals surface area contributed by atoms with Crippen LogP contribution in [0.25, 0.3) is 11.3 Å². The zero-order valence-corrected chi connectivity index (χ0v) is 12.7. The number of rotatable bonds is 2. The minimum atomic E-state index is -1.19. The molecule has 7 heteroatoms. The van der Waals surface area contributed by atoms with Gasteiger partial charge in [0, 0.05) is 18.7 Å². The second-order valence-corrected chi connectivity index (χ2v) is 6.02. The van der Waals surface area contributed by atoms with Crippen LogP contribution in [0.5, 0.6) is 0 Å². The second-order valence-electron chi connectivity index (χ2n) is 6.02. The van der Waals surface area contributed by atoms with Crippen LogP contribution in [-0.2, 0) is 0 Å². The number of hydrogen-bond donors (Lipinski definition) is 3. The molecular formula is C16H18FN3O3. The quantitative estimate of drug-likeness (QED) is 0.775. The largest absolute Gasteiger partial charge is 0.388 e. The summed E-state index contributed by atoms with van der Waals surface area (Å²) in [4.78, 5) is 13.9. The number of likely N-dealkylation sites (tertiary alicyclic amines) is 1. The molecule has 2 aromatic rings. The Balaban J connectivity index is 1.79. The molecule has 2 atom stereocenters. The normalized spacial score (nSPS) is 24.7. The van der Waals surface area contributed by atoms with Crippen molar-refractivity contribution in [2.75, 3.05) is 13.1 Å². The summed E-state index contributed by atoms with van der Waals surface area (Å²) in [7, 11) is 0. The highest BCUT2D eigenvalue weighted by Crippen LogP contribution is 2.25. The first-order valence-electron chi connectivity index (χ1n) is 7.38. The number of H-pyrrole nitrogens is 1. The van der Waals surface area contributed by atoms with Gasteiger partial charge >= 0.3 is 0 Å². The fourth-order valence-corrected chi connectivity index (χ4v) is 2.62. The van der Waals surface area contributed by atoms with Crippen LogP contribution in [0.4, 0.5) is 4.39 Å². The second kappa shape index (κ2) is 5.75. The van der Waals surface area contributed by atoms with Crippen LogP contribution < -0.4 is 0 Å². The van der Waals surface area contributed by atoms with Crippen LogP contribution in [0.1, 0.15) is 23.8 Å². The molecule has 1 aliphatic rings. The number of amides is 1. The van der Waals surface area contributed by atoms with E-state index in [-0.39, 0.29) is 24.6 Å². The Bertz CT molecular complexity index is 729. The molecule has 1 aliphatic heterocycles. The highest BCUT2D eigenvalue weighted by atomic mass is 19.1. The summed E-state index contributed by atoms with van der Waals surface area (Å²) in [5.74, 6) is -0.753. The van der Waals surface area contributed by atoms with E-state index < -0.39 is 17.5 Å². The van der Waals surface area contributed by atoms with E-state index in [2.05, 4.69) is 10.2 Å². The molecule has 0 spiro atoms. The molecule has 23 heavy (non-hydrogen) atoms. The van der Waals surface area contributed by atoms with Gasteiger partial charge in [-0.25, -0.2) is 4.39 Å². The number of aromatic nitrogens is 2. The number of β-amino-alcohol motifs (C(OH)–C–C–N with tert-alkyl or cyclic N) is 1. The SMILES string of the molecule is CC1(O)CCN(C(=O)c2cc(-c3ccccc3F)n[nH]2)CC1O. The van der Waals surface area contributed by atoms with Gasteiger partial charge in [-0.05, 0) is 31.5 Å². The molecule has 2 heterocycles. The van der Waals surface area contributed by atoms with Gasteiger partial charge < -0.3 is 15.1 Å². The minimum absolute atomic E-state index is 0.0416. The van der Waals surface area contributed by atoms with Gasteiger partial charge in [-0.2, -0.15) is 5.10 Å². The van der Waals surface area contributed by atoms with Crippen LogP contribution in [0.15, 0.2) is 30.3 Å². The molecule has 1 amide bonds. The van der Waals surface area contributed by atoms with E-state index in [0.717, 1.165) is 0 Å². The Morgan fingerprint density at radius 3 is 2.91 bits per heavy atom. The van der Waals surface area contributed by atoms with E-state index in [1.54, 1.807) is 25.1 Å². The number of hydrogen-bond acceptors (Lipinski definition) is 4. The number of carbonyl (C=O) groups excluding carboxylic acids is 1. The van der Waals surface area contributed by atoms with Crippen molar-refractivity contribution in [1.82, 2.24) is 15.1 Å². The highest BCUT2D eigenvalue weighted by molar-refractivity contribution is 5.93. The highest BCUT2D eigenvalue weighted by Gasteiger charge is 2.38. The van der Waals surface area contributed by atoms with Crippen LogP contribution in [0, 0.1) is 5.82 Å². The van der Waals surface area contributed by atoms with Crippen LogP contribution in [-0.4, -0.2) is 56.0 Å². The van der Waals surface area contributed by atoms with Crippen molar-refractivity contribution in [3.8, 4) is 11.3 Å². The molecule has 2 unspecified atom stereocenters. The fourth-order valence-electron chi connectivity index (χ4n) is 2.62. The molecule has 3 N–H and O–H groups in total. The van der Waals surface area contributed by atoms with Gasteiger partial charge in [0.05, 0.1) is 17.4 Å². The lowest BCUT2D eigenvalue weighted by atomic mass is 9.90.